The smallest absolute Gasteiger partial charge is 0.310 e. The third kappa shape index (κ3) is 3.61. The van der Waals surface area contributed by atoms with E-state index < -0.39 is 0 Å². The molecule has 2 aromatic carbocycles. The van der Waals surface area contributed by atoms with Gasteiger partial charge in [0.1, 0.15) is 0 Å². The Bertz CT molecular complexity index is 951. The highest BCUT2D eigenvalue weighted by atomic mass is 16.5. The summed E-state index contributed by atoms with van der Waals surface area (Å²) in [5.74, 6) is -0.282. The van der Waals surface area contributed by atoms with Crippen LogP contribution in [0.1, 0.15) is 11.3 Å². The lowest BCUT2D eigenvalue weighted by molar-refractivity contribution is -0.139. The number of esters is 1. The van der Waals surface area contributed by atoms with Gasteiger partial charge in [-0.2, -0.15) is 0 Å². The number of nitrogens with zero attached hydrogens (tertiary/aromatic N) is 2. The highest BCUT2D eigenvalue weighted by Crippen LogP contribution is 2.32. The Hall–Kier alpha value is -3.08. The van der Waals surface area contributed by atoms with Crippen LogP contribution in [0, 0.1) is 6.92 Å². The summed E-state index contributed by atoms with van der Waals surface area (Å²) in [5.41, 5.74) is 5.52. The van der Waals surface area contributed by atoms with Crippen molar-refractivity contribution in [2.75, 3.05) is 31.4 Å². The van der Waals surface area contributed by atoms with E-state index in [1.54, 1.807) is 0 Å². The number of carbonyl (C=O) groups is 1. The van der Waals surface area contributed by atoms with E-state index in [9.17, 15) is 4.79 Å². The van der Waals surface area contributed by atoms with Crippen LogP contribution in [0.2, 0.25) is 0 Å². The number of hydrogen-bond donors (Lipinski definition) is 1. The maximum atomic E-state index is 11.9. The summed E-state index contributed by atoms with van der Waals surface area (Å²) in [6, 6.07) is 16.1. The number of fused-ring (bicyclic) bond motifs is 1. The number of benzene rings is 2. The molecule has 0 amide bonds. The Kier molecular flexibility index (Phi) is 5.07. The highest BCUT2D eigenvalue weighted by molar-refractivity contribution is 5.96. The molecule has 0 unspecified atom stereocenters. The predicted octanol–water partition coefficient (Wildman–Crippen LogP) is 4.07. The van der Waals surface area contributed by atoms with E-state index in [0.717, 1.165) is 39.2 Å². The summed E-state index contributed by atoms with van der Waals surface area (Å²) in [5, 5.41) is 4.49. The van der Waals surface area contributed by atoms with Gasteiger partial charge >= 0.3 is 5.97 Å². The Morgan fingerprint density at radius 3 is 2.65 bits per heavy atom. The minimum Gasteiger partial charge on any atom is -0.469 e. The van der Waals surface area contributed by atoms with Crippen molar-refractivity contribution >= 4 is 33.9 Å². The second-order valence-electron chi connectivity index (χ2n) is 6.39. The largest absolute Gasteiger partial charge is 0.469 e. The molecule has 0 saturated heterocycles. The van der Waals surface area contributed by atoms with Gasteiger partial charge in [-0.15, -0.1) is 0 Å². The SMILES string of the molecule is COC(=O)Cc1c(C)nc2ccccc2c1Nc1cccc(N(C)C)c1. The Balaban J connectivity index is 2.14. The van der Waals surface area contributed by atoms with Crippen molar-refractivity contribution in [1.29, 1.82) is 0 Å². The van der Waals surface area contributed by atoms with Crippen molar-refractivity contribution in [2.45, 2.75) is 13.3 Å². The molecule has 0 saturated carbocycles. The molecule has 1 heterocycles. The number of anilines is 3. The van der Waals surface area contributed by atoms with Crippen LogP contribution in [0.3, 0.4) is 0 Å². The zero-order valence-corrected chi connectivity index (χ0v) is 15.5. The summed E-state index contributed by atoms with van der Waals surface area (Å²) < 4.78 is 4.88. The lowest BCUT2D eigenvalue weighted by Gasteiger charge is -2.18. The molecule has 1 aromatic heterocycles. The summed E-state index contributed by atoms with van der Waals surface area (Å²) in [6.45, 7) is 1.92. The van der Waals surface area contributed by atoms with Crippen molar-refractivity contribution in [3.63, 3.8) is 0 Å². The van der Waals surface area contributed by atoms with Crippen molar-refractivity contribution in [3.8, 4) is 0 Å². The van der Waals surface area contributed by atoms with Gasteiger partial charge in [0.15, 0.2) is 0 Å². The van der Waals surface area contributed by atoms with E-state index in [1.807, 2.05) is 57.4 Å². The van der Waals surface area contributed by atoms with Gasteiger partial charge in [-0.25, -0.2) is 0 Å². The van der Waals surface area contributed by atoms with E-state index >= 15 is 0 Å². The Morgan fingerprint density at radius 1 is 1.15 bits per heavy atom. The van der Waals surface area contributed by atoms with E-state index in [-0.39, 0.29) is 12.4 Å². The third-order valence-corrected chi connectivity index (χ3v) is 4.38. The zero-order chi connectivity index (χ0) is 18.7. The fraction of sp³-hybridized carbons (Fsp3) is 0.238. The fourth-order valence-corrected chi connectivity index (χ4v) is 2.96. The van der Waals surface area contributed by atoms with Gasteiger partial charge < -0.3 is 15.0 Å². The van der Waals surface area contributed by atoms with Gasteiger partial charge in [0, 0.05) is 42.1 Å². The molecule has 0 aliphatic heterocycles. The first-order chi connectivity index (χ1) is 12.5. The van der Waals surface area contributed by atoms with Crippen molar-refractivity contribution < 1.29 is 9.53 Å². The number of methoxy groups -OCH3 is 1. The minimum atomic E-state index is -0.282. The molecule has 3 rings (SSSR count). The molecule has 0 radical (unpaired) electrons. The number of rotatable bonds is 5. The zero-order valence-electron chi connectivity index (χ0n) is 15.5. The fourth-order valence-electron chi connectivity index (χ4n) is 2.96. The number of aryl methyl sites for hydroxylation is 1. The maximum Gasteiger partial charge on any atom is 0.310 e. The van der Waals surface area contributed by atoms with Crippen LogP contribution in [0.5, 0.6) is 0 Å². The van der Waals surface area contributed by atoms with Gasteiger partial charge in [0.2, 0.25) is 0 Å². The molecule has 0 bridgehead atoms. The van der Waals surface area contributed by atoms with E-state index in [1.165, 1.54) is 7.11 Å². The standard InChI is InChI=1S/C21H23N3O2/c1-14-18(13-20(25)26-4)21(17-10-5-6-11-19(17)22-14)23-15-8-7-9-16(12-15)24(2)3/h5-12H,13H2,1-4H3,(H,22,23). The minimum absolute atomic E-state index is 0.176. The number of carbonyl (C=O) groups excluding carboxylic acids is 1. The first-order valence-corrected chi connectivity index (χ1v) is 8.49. The molecule has 3 aromatic rings. The Labute approximate surface area is 153 Å². The molecule has 0 spiro atoms. The van der Waals surface area contributed by atoms with Gasteiger partial charge in [-0.3, -0.25) is 9.78 Å². The predicted molar refractivity (Wildman–Crippen MR) is 106 cm³/mol. The number of aromatic nitrogens is 1. The van der Waals surface area contributed by atoms with Crippen LogP contribution in [0.15, 0.2) is 48.5 Å². The molecular formula is C21H23N3O2. The molecule has 5 heteroatoms. The van der Waals surface area contributed by atoms with Crippen molar-refractivity contribution in [2.24, 2.45) is 0 Å². The number of hydrogen-bond acceptors (Lipinski definition) is 5. The Morgan fingerprint density at radius 2 is 1.92 bits per heavy atom. The molecule has 134 valence electrons. The summed E-state index contributed by atoms with van der Waals surface area (Å²) in [6.07, 6.45) is 0.176. The van der Waals surface area contributed by atoms with Gasteiger partial charge in [0.05, 0.1) is 24.7 Å². The second-order valence-corrected chi connectivity index (χ2v) is 6.39. The van der Waals surface area contributed by atoms with E-state index in [4.69, 9.17) is 4.74 Å². The van der Waals surface area contributed by atoms with Gasteiger partial charge in [0.25, 0.3) is 0 Å². The molecule has 0 atom stereocenters. The van der Waals surface area contributed by atoms with Crippen molar-refractivity contribution in [1.82, 2.24) is 4.98 Å². The molecule has 0 fully saturated rings. The molecule has 0 aliphatic rings. The van der Waals surface area contributed by atoms with Crippen LogP contribution in [0.25, 0.3) is 10.9 Å². The highest BCUT2D eigenvalue weighted by Gasteiger charge is 2.16. The van der Waals surface area contributed by atoms with Crippen LogP contribution in [-0.4, -0.2) is 32.2 Å². The maximum absolute atomic E-state index is 11.9. The summed E-state index contributed by atoms with van der Waals surface area (Å²) in [7, 11) is 5.42. The van der Waals surface area contributed by atoms with Gasteiger partial charge in [-0.1, -0.05) is 24.3 Å². The van der Waals surface area contributed by atoms with Gasteiger partial charge in [-0.05, 0) is 31.2 Å². The quantitative estimate of drug-likeness (QED) is 0.704. The molecule has 1 N–H and O–H groups in total. The lowest BCUT2D eigenvalue weighted by Crippen LogP contribution is -2.11. The lowest BCUT2D eigenvalue weighted by atomic mass is 10.0. The summed E-state index contributed by atoms with van der Waals surface area (Å²) in [4.78, 5) is 18.6. The van der Waals surface area contributed by atoms with Crippen LogP contribution in [-0.2, 0) is 16.0 Å². The topological polar surface area (TPSA) is 54.5 Å². The van der Waals surface area contributed by atoms with Crippen LogP contribution < -0.4 is 10.2 Å². The molecule has 0 aliphatic carbocycles. The molecule has 5 nitrogen and oxygen atoms in total. The number of nitrogens with one attached hydrogen (secondary N) is 1. The number of pyridine rings is 1. The van der Waals surface area contributed by atoms with E-state index in [0.29, 0.717) is 0 Å². The van der Waals surface area contributed by atoms with Crippen molar-refractivity contribution in [3.05, 3.63) is 59.8 Å². The second kappa shape index (κ2) is 7.44. The summed E-state index contributed by atoms with van der Waals surface area (Å²) >= 11 is 0. The van der Waals surface area contributed by atoms with Crippen LogP contribution in [0.4, 0.5) is 17.1 Å². The number of ether oxygens (including phenoxy) is 1. The first kappa shape index (κ1) is 17.7. The number of para-hydroxylation sites is 1. The monoisotopic (exact) mass is 349 g/mol. The molecule has 26 heavy (non-hydrogen) atoms. The third-order valence-electron chi connectivity index (χ3n) is 4.38. The average Bonchev–Trinajstić information content (AvgIpc) is 2.64. The average molecular weight is 349 g/mol. The normalized spacial score (nSPS) is 10.6. The first-order valence-electron chi connectivity index (χ1n) is 8.49. The molecular weight excluding hydrogens is 326 g/mol. The van der Waals surface area contributed by atoms with E-state index in [2.05, 4.69) is 27.3 Å². The van der Waals surface area contributed by atoms with Crippen LogP contribution >= 0.6 is 0 Å².